The third-order valence-corrected chi connectivity index (χ3v) is 2.07. The van der Waals surface area contributed by atoms with E-state index in [4.69, 9.17) is 2.74 Å². The molecule has 0 aliphatic rings. The molecule has 0 radical (unpaired) electrons. The van der Waals surface area contributed by atoms with Crippen LogP contribution in [0.1, 0.15) is 18.7 Å². The molecule has 16 heavy (non-hydrogen) atoms. The van der Waals surface area contributed by atoms with E-state index in [-0.39, 0.29) is 11.1 Å². The monoisotopic (exact) mass is 220 g/mol. The van der Waals surface area contributed by atoms with Crippen LogP contribution < -0.4 is 0 Å². The second-order valence-electron chi connectivity index (χ2n) is 3.17. The van der Waals surface area contributed by atoms with E-state index in [0.29, 0.717) is 6.07 Å². The summed E-state index contributed by atoms with van der Waals surface area (Å²) in [6.45, 7) is 0. The SMILES string of the molecule is [2H]c1c(C(=O)c2ccccc2)cc(F)c(F)c1[2H]. The molecule has 0 heterocycles. The zero-order chi connectivity index (χ0) is 13.3. The van der Waals surface area contributed by atoms with Gasteiger partial charge in [-0.2, -0.15) is 0 Å². The lowest BCUT2D eigenvalue weighted by Gasteiger charge is -2.01. The number of carbonyl (C=O) groups is 1. The molecule has 0 amide bonds. The predicted octanol–water partition coefficient (Wildman–Crippen LogP) is 3.20. The van der Waals surface area contributed by atoms with Gasteiger partial charge in [-0.25, -0.2) is 8.78 Å². The lowest BCUT2D eigenvalue weighted by molar-refractivity contribution is 0.103. The molecule has 3 heteroatoms. The van der Waals surface area contributed by atoms with E-state index in [1.807, 2.05) is 0 Å². The molecule has 80 valence electrons. The van der Waals surface area contributed by atoms with Crippen LogP contribution in [0.5, 0.6) is 0 Å². The average molecular weight is 220 g/mol. The zero-order valence-electron chi connectivity index (χ0n) is 10.1. The van der Waals surface area contributed by atoms with Gasteiger partial charge in [-0.15, -0.1) is 0 Å². The van der Waals surface area contributed by atoms with Crippen LogP contribution >= 0.6 is 0 Å². The summed E-state index contributed by atoms with van der Waals surface area (Å²) in [7, 11) is 0. The van der Waals surface area contributed by atoms with Gasteiger partial charge in [-0.05, 0) is 18.2 Å². The molecule has 1 nitrogen and oxygen atoms in total. The summed E-state index contributed by atoms with van der Waals surface area (Å²) >= 11 is 0. The summed E-state index contributed by atoms with van der Waals surface area (Å²) in [6, 6.07) is 7.11. The molecule has 2 rings (SSSR count). The van der Waals surface area contributed by atoms with E-state index < -0.39 is 29.5 Å². The van der Waals surface area contributed by atoms with Crippen molar-refractivity contribution in [3.05, 3.63) is 71.2 Å². The fourth-order valence-electron chi connectivity index (χ4n) is 1.28. The van der Waals surface area contributed by atoms with Gasteiger partial charge < -0.3 is 0 Å². The molecule has 0 aliphatic carbocycles. The first-order chi connectivity index (χ1) is 8.52. The first-order valence-corrected chi connectivity index (χ1v) is 4.57. The number of hydrogen-bond acceptors (Lipinski definition) is 1. The Bertz CT molecular complexity index is 612. The van der Waals surface area contributed by atoms with E-state index in [2.05, 4.69) is 0 Å². The van der Waals surface area contributed by atoms with Crippen molar-refractivity contribution in [1.29, 1.82) is 0 Å². The maximum absolute atomic E-state index is 13.2. The highest BCUT2D eigenvalue weighted by molar-refractivity contribution is 6.08. The molecular formula is C13H8F2O. The summed E-state index contributed by atoms with van der Waals surface area (Å²) in [5.41, 5.74) is -0.0542. The van der Waals surface area contributed by atoms with Crippen molar-refractivity contribution in [3.8, 4) is 0 Å². The number of benzene rings is 2. The molecule has 0 aliphatic heterocycles. The minimum atomic E-state index is -1.41. The number of halogens is 2. The molecular weight excluding hydrogens is 210 g/mol. The van der Waals surface area contributed by atoms with Crippen LogP contribution in [-0.2, 0) is 0 Å². The molecule has 0 bridgehead atoms. The lowest BCUT2D eigenvalue weighted by atomic mass is 10.0. The Hall–Kier alpha value is -2.03. The van der Waals surface area contributed by atoms with Crippen molar-refractivity contribution in [1.82, 2.24) is 0 Å². The molecule has 2 aromatic carbocycles. The van der Waals surface area contributed by atoms with Gasteiger partial charge in [0.1, 0.15) is 0 Å². The standard InChI is InChI=1S/C13H8F2O/c14-11-7-6-10(8-12(11)15)13(16)9-4-2-1-3-5-9/h1-8H/i6D,7D. The number of hydrogen-bond donors (Lipinski definition) is 0. The highest BCUT2D eigenvalue weighted by atomic mass is 19.2. The maximum atomic E-state index is 13.2. The Labute approximate surface area is 94.2 Å². The van der Waals surface area contributed by atoms with Gasteiger partial charge in [-0.1, -0.05) is 30.3 Å². The smallest absolute Gasteiger partial charge is 0.193 e. The Balaban J connectivity index is 2.56. The number of ketones is 1. The van der Waals surface area contributed by atoms with Crippen LogP contribution in [0.3, 0.4) is 0 Å². The number of rotatable bonds is 2. The van der Waals surface area contributed by atoms with Crippen LogP contribution in [0.4, 0.5) is 8.78 Å². The van der Waals surface area contributed by atoms with Crippen molar-refractivity contribution in [3.63, 3.8) is 0 Å². The van der Waals surface area contributed by atoms with Crippen LogP contribution in [0.25, 0.3) is 0 Å². The fourth-order valence-corrected chi connectivity index (χ4v) is 1.28. The van der Waals surface area contributed by atoms with Crippen LogP contribution in [0.2, 0.25) is 0 Å². The molecule has 0 saturated heterocycles. The summed E-state index contributed by atoms with van der Waals surface area (Å²) in [5, 5.41) is 0. The average Bonchev–Trinajstić information content (AvgIpc) is 2.41. The van der Waals surface area contributed by atoms with E-state index in [1.165, 1.54) is 12.1 Å². The van der Waals surface area contributed by atoms with Gasteiger partial charge >= 0.3 is 0 Å². The Morgan fingerprint density at radius 3 is 2.38 bits per heavy atom. The third kappa shape index (κ3) is 1.98. The summed E-state index contributed by atoms with van der Waals surface area (Å²) in [6.07, 6.45) is 0. The van der Waals surface area contributed by atoms with Crippen molar-refractivity contribution in [2.75, 3.05) is 0 Å². The molecule has 0 unspecified atom stereocenters. The highest BCUT2D eigenvalue weighted by Gasteiger charge is 2.11. The molecule has 0 saturated carbocycles. The van der Waals surface area contributed by atoms with Gasteiger partial charge in [0.05, 0.1) is 2.74 Å². The van der Waals surface area contributed by atoms with Gasteiger partial charge in [0.2, 0.25) is 0 Å². The Kier molecular flexibility index (Phi) is 2.16. The number of carbonyl (C=O) groups excluding carboxylic acids is 1. The zero-order valence-corrected chi connectivity index (χ0v) is 8.13. The first kappa shape index (κ1) is 8.16. The molecule has 0 spiro atoms. The second-order valence-corrected chi connectivity index (χ2v) is 3.17. The minimum absolute atomic E-state index is 0.261. The second kappa shape index (κ2) is 4.23. The summed E-state index contributed by atoms with van der Waals surface area (Å²) in [4.78, 5) is 12.0. The van der Waals surface area contributed by atoms with Crippen LogP contribution in [-0.4, -0.2) is 5.78 Å². The third-order valence-electron chi connectivity index (χ3n) is 2.07. The van der Waals surface area contributed by atoms with Crippen LogP contribution in [0, 0.1) is 11.6 Å². The molecule has 2 aromatic rings. The van der Waals surface area contributed by atoms with E-state index in [0.717, 1.165) is 0 Å². The quantitative estimate of drug-likeness (QED) is 0.710. The van der Waals surface area contributed by atoms with Gasteiger partial charge in [0, 0.05) is 11.1 Å². The van der Waals surface area contributed by atoms with Crippen molar-refractivity contribution < 1.29 is 16.3 Å². The summed E-state index contributed by atoms with van der Waals surface area (Å²) in [5.74, 6) is -3.31. The largest absolute Gasteiger partial charge is 0.289 e. The Morgan fingerprint density at radius 2 is 1.69 bits per heavy atom. The fraction of sp³-hybridized carbons (Fsp3) is 0. The maximum Gasteiger partial charge on any atom is 0.193 e. The topological polar surface area (TPSA) is 17.1 Å². The first-order valence-electron chi connectivity index (χ1n) is 5.57. The predicted molar refractivity (Wildman–Crippen MR) is 56.2 cm³/mol. The van der Waals surface area contributed by atoms with Crippen molar-refractivity contribution in [2.24, 2.45) is 0 Å². The molecule has 0 atom stereocenters. The molecule has 0 N–H and O–H groups in total. The lowest BCUT2D eigenvalue weighted by Crippen LogP contribution is -2.02. The highest BCUT2D eigenvalue weighted by Crippen LogP contribution is 2.13. The summed E-state index contributed by atoms with van der Waals surface area (Å²) < 4.78 is 40.9. The van der Waals surface area contributed by atoms with Gasteiger partial charge in [-0.3, -0.25) is 4.79 Å². The Morgan fingerprint density at radius 1 is 1.00 bits per heavy atom. The van der Waals surface area contributed by atoms with Gasteiger partial charge in [0.15, 0.2) is 17.4 Å². The van der Waals surface area contributed by atoms with E-state index >= 15 is 0 Å². The molecule has 0 aromatic heterocycles. The van der Waals surface area contributed by atoms with Crippen molar-refractivity contribution >= 4 is 5.78 Å². The minimum Gasteiger partial charge on any atom is -0.289 e. The molecule has 0 fully saturated rings. The van der Waals surface area contributed by atoms with E-state index in [9.17, 15) is 13.6 Å². The van der Waals surface area contributed by atoms with Crippen LogP contribution in [0.15, 0.2) is 48.5 Å². The normalized spacial score (nSPS) is 11.9. The van der Waals surface area contributed by atoms with E-state index in [1.54, 1.807) is 18.2 Å². The van der Waals surface area contributed by atoms with Crippen molar-refractivity contribution in [2.45, 2.75) is 0 Å². The van der Waals surface area contributed by atoms with Gasteiger partial charge in [0.25, 0.3) is 0 Å².